The molecule has 0 bridgehead atoms. The monoisotopic (exact) mass is 514 g/mol. The summed E-state index contributed by atoms with van der Waals surface area (Å²) in [6, 6.07) is 12.2. The fourth-order valence-corrected chi connectivity index (χ4v) is 5.22. The molecule has 3 aromatic rings. The zero-order chi connectivity index (χ0) is 26.0. The van der Waals surface area contributed by atoms with Crippen molar-refractivity contribution >= 4 is 34.6 Å². The zero-order valence-corrected chi connectivity index (χ0v) is 20.7. The molecule has 36 heavy (non-hydrogen) atoms. The summed E-state index contributed by atoms with van der Waals surface area (Å²) in [7, 11) is 0. The average Bonchev–Trinajstić information content (AvgIpc) is 3.44. The predicted octanol–water partition coefficient (Wildman–Crippen LogP) is 4.57. The SMILES string of the molecule is CC(C)NC(=O)CNC(=O)C1(C)C(c2cccs2)C(c2ccc(F)cc2)=NN1c1ccc(F)cc1F. The smallest absolute Gasteiger partial charge is 0.249 e. The molecule has 2 atom stereocenters. The minimum atomic E-state index is -1.55. The maximum Gasteiger partial charge on any atom is 0.249 e. The van der Waals surface area contributed by atoms with Gasteiger partial charge in [0.1, 0.15) is 11.6 Å². The van der Waals surface area contributed by atoms with Crippen molar-refractivity contribution in [3.05, 3.63) is 87.9 Å². The molecule has 0 saturated carbocycles. The molecule has 6 nitrogen and oxygen atoms in total. The van der Waals surface area contributed by atoms with Gasteiger partial charge in [0.15, 0.2) is 11.4 Å². The molecule has 10 heteroatoms. The summed E-state index contributed by atoms with van der Waals surface area (Å²) in [5.41, 5.74) is -0.716. The molecule has 2 heterocycles. The molecule has 1 aliphatic heterocycles. The Balaban J connectivity index is 1.84. The third-order valence-corrected chi connectivity index (χ3v) is 6.84. The first-order valence-corrected chi connectivity index (χ1v) is 12.2. The van der Waals surface area contributed by atoms with E-state index in [1.165, 1.54) is 46.7 Å². The van der Waals surface area contributed by atoms with E-state index in [0.29, 0.717) is 11.3 Å². The average molecular weight is 515 g/mol. The van der Waals surface area contributed by atoms with E-state index in [2.05, 4.69) is 15.7 Å². The van der Waals surface area contributed by atoms with E-state index >= 15 is 4.39 Å². The second-order valence-corrected chi connectivity index (χ2v) is 9.88. The Morgan fingerprint density at radius 2 is 1.78 bits per heavy atom. The fourth-order valence-electron chi connectivity index (χ4n) is 4.27. The minimum Gasteiger partial charge on any atom is -0.352 e. The molecule has 2 amide bonds. The van der Waals surface area contributed by atoms with Gasteiger partial charge in [-0.15, -0.1) is 11.3 Å². The summed E-state index contributed by atoms with van der Waals surface area (Å²) in [5.74, 6) is -3.79. The highest BCUT2D eigenvalue weighted by Gasteiger charge is 2.55. The highest BCUT2D eigenvalue weighted by molar-refractivity contribution is 7.10. The largest absolute Gasteiger partial charge is 0.352 e. The van der Waals surface area contributed by atoms with Crippen LogP contribution in [0.1, 0.15) is 37.1 Å². The topological polar surface area (TPSA) is 73.8 Å². The Hall–Kier alpha value is -3.66. The zero-order valence-electron chi connectivity index (χ0n) is 19.9. The summed E-state index contributed by atoms with van der Waals surface area (Å²) in [6.45, 7) is 4.89. The van der Waals surface area contributed by atoms with Crippen LogP contribution in [0.2, 0.25) is 0 Å². The molecule has 2 aromatic carbocycles. The summed E-state index contributed by atoms with van der Waals surface area (Å²) in [4.78, 5) is 26.8. The lowest BCUT2D eigenvalue weighted by Gasteiger charge is -2.37. The first-order chi connectivity index (χ1) is 17.1. The highest BCUT2D eigenvalue weighted by Crippen LogP contribution is 2.46. The lowest BCUT2D eigenvalue weighted by atomic mass is 9.78. The van der Waals surface area contributed by atoms with Crippen LogP contribution in [0.15, 0.2) is 65.1 Å². The van der Waals surface area contributed by atoms with Gasteiger partial charge in [0.2, 0.25) is 11.8 Å². The summed E-state index contributed by atoms with van der Waals surface area (Å²) in [5, 5.41) is 13.1. The molecule has 0 saturated heterocycles. The molecule has 188 valence electrons. The highest BCUT2D eigenvalue weighted by atomic mass is 32.1. The van der Waals surface area contributed by atoms with E-state index in [9.17, 15) is 18.4 Å². The number of nitrogens with one attached hydrogen (secondary N) is 2. The lowest BCUT2D eigenvalue weighted by molar-refractivity contribution is -0.129. The second-order valence-electron chi connectivity index (χ2n) is 8.90. The van der Waals surface area contributed by atoms with E-state index < -0.39 is 34.8 Å². The molecular weight excluding hydrogens is 489 g/mol. The van der Waals surface area contributed by atoms with Crippen molar-refractivity contribution in [1.29, 1.82) is 0 Å². The van der Waals surface area contributed by atoms with Gasteiger partial charge < -0.3 is 10.6 Å². The molecule has 0 aliphatic carbocycles. The number of carbonyl (C=O) groups is 2. The number of hydrogen-bond acceptors (Lipinski definition) is 5. The van der Waals surface area contributed by atoms with Crippen molar-refractivity contribution in [3.8, 4) is 0 Å². The van der Waals surface area contributed by atoms with Crippen LogP contribution >= 0.6 is 11.3 Å². The van der Waals surface area contributed by atoms with E-state index in [4.69, 9.17) is 0 Å². The van der Waals surface area contributed by atoms with Gasteiger partial charge in [0, 0.05) is 17.0 Å². The number of halogens is 3. The number of rotatable bonds is 7. The summed E-state index contributed by atoms with van der Waals surface area (Å²) in [6.07, 6.45) is 0. The molecule has 1 aromatic heterocycles. The van der Waals surface area contributed by atoms with Crippen LogP contribution in [0, 0.1) is 17.5 Å². The molecular formula is C26H25F3N4O2S. The molecule has 1 aliphatic rings. The van der Waals surface area contributed by atoms with Gasteiger partial charge in [0.25, 0.3) is 0 Å². The Morgan fingerprint density at radius 3 is 2.39 bits per heavy atom. The molecule has 0 spiro atoms. The third-order valence-electron chi connectivity index (χ3n) is 5.91. The summed E-state index contributed by atoms with van der Waals surface area (Å²) >= 11 is 1.38. The van der Waals surface area contributed by atoms with Crippen molar-refractivity contribution in [2.45, 2.75) is 38.3 Å². The molecule has 4 rings (SSSR count). The van der Waals surface area contributed by atoms with E-state index in [-0.39, 0.29) is 24.2 Å². The van der Waals surface area contributed by atoms with Gasteiger partial charge in [-0.1, -0.05) is 18.2 Å². The van der Waals surface area contributed by atoms with E-state index in [1.54, 1.807) is 20.8 Å². The normalized spacial score (nSPS) is 19.4. The van der Waals surface area contributed by atoms with Crippen molar-refractivity contribution < 1.29 is 22.8 Å². The van der Waals surface area contributed by atoms with Crippen molar-refractivity contribution in [3.63, 3.8) is 0 Å². The van der Waals surface area contributed by atoms with Gasteiger partial charge >= 0.3 is 0 Å². The predicted molar refractivity (Wildman–Crippen MR) is 134 cm³/mol. The van der Waals surface area contributed by atoms with Crippen molar-refractivity contribution in [2.75, 3.05) is 11.6 Å². The lowest BCUT2D eigenvalue weighted by Crippen LogP contribution is -2.58. The van der Waals surface area contributed by atoms with E-state index in [0.717, 1.165) is 17.0 Å². The fraction of sp³-hybridized carbons (Fsp3) is 0.269. The number of carbonyl (C=O) groups excluding carboxylic acids is 2. The molecule has 0 radical (unpaired) electrons. The number of thiophene rings is 1. The van der Waals surface area contributed by atoms with Crippen LogP contribution in [0.4, 0.5) is 18.9 Å². The standard InChI is InChI=1S/C26H25F3N4O2S/c1-15(2)31-22(34)14-30-25(35)26(3)23(21-5-4-12-36-21)24(16-6-8-17(27)9-7-16)32-33(26)20-11-10-18(28)13-19(20)29/h4-13,15,23H,14H2,1-3H3,(H,30,35)(H,31,34). The van der Waals surface area contributed by atoms with Crippen LogP contribution in [-0.2, 0) is 9.59 Å². The maximum absolute atomic E-state index is 15.0. The first-order valence-electron chi connectivity index (χ1n) is 11.3. The number of anilines is 1. The Labute approximate surface area is 210 Å². The summed E-state index contributed by atoms with van der Waals surface area (Å²) < 4.78 is 42.4. The van der Waals surface area contributed by atoms with Crippen LogP contribution in [-0.4, -0.2) is 35.7 Å². The van der Waals surface area contributed by atoms with Crippen LogP contribution in [0.3, 0.4) is 0 Å². The maximum atomic E-state index is 15.0. The third kappa shape index (κ3) is 4.86. The van der Waals surface area contributed by atoms with Gasteiger partial charge in [-0.05, 0) is 62.0 Å². The van der Waals surface area contributed by atoms with Gasteiger partial charge in [0.05, 0.1) is 23.9 Å². The Bertz CT molecular complexity index is 1300. The van der Waals surface area contributed by atoms with Crippen LogP contribution in [0.5, 0.6) is 0 Å². The minimum absolute atomic E-state index is 0.112. The van der Waals surface area contributed by atoms with Gasteiger partial charge in [-0.3, -0.25) is 9.59 Å². The van der Waals surface area contributed by atoms with Crippen molar-refractivity contribution in [2.24, 2.45) is 5.10 Å². The number of benzene rings is 2. The Kier molecular flexibility index (Phi) is 7.16. The number of hydrogen-bond donors (Lipinski definition) is 2. The second kappa shape index (κ2) is 10.1. The number of nitrogens with zero attached hydrogens (tertiary/aromatic N) is 2. The molecule has 2 unspecified atom stereocenters. The molecule has 0 fully saturated rings. The van der Waals surface area contributed by atoms with Gasteiger partial charge in [-0.2, -0.15) is 5.10 Å². The van der Waals surface area contributed by atoms with Crippen LogP contribution < -0.4 is 15.6 Å². The number of amides is 2. The van der Waals surface area contributed by atoms with Crippen LogP contribution in [0.25, 0.3) is 0 Å². The van der Waals surface area contributed by atoms with E-state index in [1.807, 2.05) is 17.5 Å². The molecule has 2 N–H and O–H groups in total. The first kappa shape index (κ1) is 25.4. The number of hydrazone groups is 1. The van der Waals surface area contributed by atoms with Crippen molar-refractivity contribution in [1.82, 2.24) is 10.6 Å². The van der Waals surface area contributed by atoms with Gasteiger partial charge in [-0.25, -0.2) is 18.2 Å². The Morgan fingerprint density at radius 1 is 1.08 bits per heavy atom. The quantitative estimate of drug-likeness (QED) is 0.485.